The molecule has 0 bridgehead atoms. The van der Waals surface area contributed by atoms with E-state index in [9.17, 15) is 0 Å². The van der Waals surface area contributed by atoms with Crippen molar-refractivity contribution in [1.29, 1.82) is 0 Å². The van der Waals surface area contributed by atoms with Gasteiger partial charge in [0.25, 0.3) is 0 Å². The van der Waals surface area contributed by atoms with Gasteiger partial charge in [0.1, 0.15) is 11.4 Å². The Kier molecular flexibility index (Phi) is 3.47. The Morgan fingerprint density at radius 3 is 1.90 bits per heavy atom. The van der Waals surface area contributed by atoms with Crippen LogP contribution < -0.4 is 0 Å². The van der Waals surface area contributed by atoms with Crippen molar-refractivity contribution in [2.24, 2.45) is 0 Å². The molecule has 3 heterocycles. The van der Waals surface area contributed by atoms with Crippen LogP contribution in [-0.2, 0) is 0 Å². The molecule has 0 saturated carbocycles. The maximum atomic E-state index is 4.69. The first-order chi connectivity index (χ1) is 14.4. The first-order valence-corrected chi connectivity index (χ1v) is 9.70. The second-order valence-corrected chi connectivity index (χ2v) is 7.19. The SMILES string of the molecule is c1ccc(-c2nnc(-c3ccccc3)c3c2cn2c4ccccc4ccc32)cc1. The van der Waals surface area contributed by atoms with Gasteiger partial charge in [-0.1, -0.05) is 84.9 Å². The third kappa shape index (κ3) is 2.44. The molecule has 0 aliphatic heterocycles. The van der Waals surface area contributed by atoms with Gasteiger partial charge in [0.15, 0.2) is 0 Å². The minimum Gasteiger partial charge on any atom is -0.315 e. The van der Waals surface area contributed by atoms with Gasteiger partial charge in [0.05, 0.1) is 11.0 Å². The Hall–Kier alpha value is -3.98. The summed E-state index contributed by atoms with van der Waals surface area (Å²) in [6, 6.07) is 33.4. The second-order valence-electron chi connectivity index (χ2n) is 7.19. The number of nitrogens with zero attached hydrogens (tertiary/aromatic N) is 3. The van der Waals surface area contributed by atoms with E-state index in [2.05, 4.69) is 76.4 Å². The molecule has 0 amide bonds. The molecule has 6 aromatic rings. The van der Waals surface area contributed by atoms with E-state index >= 15 is 0 Å². The summed E-state index contributed by atoms with van der Waals surface area (Å²) in [5, 5.41) is 12.8. The number of hydrogen-bond acceptors (Lipinski definition) is 2. The minimum atomic E-state index is 0.910. The van der Waals surface area contributed by atoms with Gasteiger partial charge in [-0.15, -0.1) is 10.2 Å². The van der Waals surface area contributed by atoms with Gasteiger partial charge in [0, 0.05) is 28.1 Å². The van der Waals surface area contributed by atoms with Crippen LogP contribution in [0.25, 0.3) is 49.7 Å². The predicted octanol–water partition coefficient (Wildman–Crippen LogP) is 6.37. The molecular weight excluding hydrogens is 354 g/mol. The molecule has 0 aliphatic rings. The number of pyridine rings is 1. The number of fused-ring (bicyclic) bond motifs is 5. The number of benzene rings is 3. The zero-order valence-corrected chi connectivity index (χ0v) is 15.7. The molecule has 0 fully saturated rings. The Bertz CT molecular complexity index is 1480. The topological polar surface area (TPSA) is 30.2 Å². The lowest BCUT2D eigenvalue weighted by Crippen LogP contribution is -1.93. The van der Waals surface area contributed by atoms with E-state index in [4.69, 9.17) is 5.10 Å². The molecule has 3 aromatic heterocycles. The summed E-state index contributed by atoms with van der Waals surface area (Å²) in [7, 11) is 0. The van der Waals surface area contributed by atoms with Gasteiger partial charge in [-0.2, -0.15) is 0 Å². The maximum absolute atomic E-state index is 4.69. The molecule has 3 aromatic carbocycles. The van der Waals surface area contributed by atoms with Crippen molar-refractivity contribution in [2.45, 2.75) is 0 Å². The summed E-state index contributed by atoms with van der Waals surface area (Å²) in [5.41, 5.74) is 6.30. The molecule has 0 radical (unpaired) electrons. The standard InChI is InChI=1S/C26H17N3/c1-3-10-19(11-4-1)25-21-17-29-22-14-8-7-9-18(22)15-16-23(29)24(21)26(28-27-25)20-12-5-2-6-13-20/h1-17H. The Morgan fingerprint density at radius 2 is 1.14 bits per heavy atom. The van der Waals surface area contributed by atoms with E-state index in [-0.39, 0.29) is 0 Å². The van der Waals surface area contributed by atoms with Crippen molar-refractivity contribution in [2.75, 3.05) is 0 Å². The van der Waals surface area contributed by atoms with Crippen LogP contribution in [0.2, 0.25) is 0 Å². The monoisotopic (exact) mass is 371 g/mol. The molecular formula is C26H17N3. The zero-order chi connectivity index (χ0) is 19.2. The van der Waals surface area contributed by atoms with Crippen molar-refractivity contribution in [1.82, 2.24) is 14.6 Å². The largest absolute Gasteiger partial charge is 0.315 e. The fourth-order valence-electron chi connectivity index (χ4n) is 4.14. The second kappa shape index (κ2) is 6.28. The molecule has 0 N–H and O–H groups in total. The van der Waals surface area contributed by atoms with E-state index in [0.717, 1.165) is 38.8 Å². The summed E-state index contributed by atoms with van der Waals surface area (Å²) >= 11 is 0. The molecule has 0 unspecified atom stereocenters. The van der Waals surface area contributed by atoms with Crippen LogP contribution in [0.3, 0.4) is 0 Å². The number of rotatable bonds is 2. The lowest BCUT2D eigenvalue weighted by atomic mass is 10.0. The molecule has 3 heteroatoms. The summed E-state index contributed by atoms with van der Waals surface area (Å²) in [5.74, 6) is 0. The van der Waals surface area contributed by atoms with Crippen molar-refractivity contribution >= 4 is 27.2 Å². The minimum absolute atomic E-state index is 0.910. The van der Waals surface area contributed by atoms with Crippen LogP contribution in [0.5, 0.6) is 0 Å². The van der Waals surface area contributed by atoms with Crippen molar-refractivity contribution in [3.63, 3.8) is 0 Å². The summed E-state index contributed by atoms with van der Waals surface area (Å²) in [6.45, 7) is 0. The summed E-state index contributed by atoms with van der Waals surface area (Å²) < 4.78 is 2.27. The molecule has 3 nitrogen and oxygen atoms in total. The molecule has 0 aliphatic carbocycles. The van der Waals surface area contributed by atoms with Gasteiger partial charge < -0.3 is 4.40 Å². The first kappa shape index (κ1) is 16.0. The lowest BCUT2D eigenvalue weighted by molar-refractivity contribution is 1.06. The zero-order valence-electron chi connectivity index (χ0n) is 15.7. The molecule has 136 valence electrons. The average Bonchev–Trinajstić information content (AvgIpc) is 3.20. The number of aromatic nitrogens is 3. The lowest BCUT2D eigenvalue weighted by Gasteiger charge is -2.07. The van der Waals surface area contributed by atoms with E-state index < -0.39 is 0 Å². The van der Waals surface area contributed by atoms with Gasteiger partial charge in [-0.05, 0) is 17.5 Å². The van der Waals surface area contributed by atoms with Crippen LogP contribution in [-0.4, -0.2) is 14.6 Å². The highest BCUT2D eigenvalue weighted by Gasteiger charge is 2.17. The smallest absolute Gasteiger partial charge is 0.103 e. The first-order valence-electron chi connectivity index (χ1n) is 9.70. The van der Waals surface area contributed by atoms with E-state index in [1.165, 1.54) is 10.9 Å². The fraction of sp³-hybridized carbons (Fsp3) is 0. The van der Waals surface area contributed by atoms with Crippen molar-refractivity contribution in [3.8, 4) is 22.5 Å². The number of hydrogen-bond donors (Lipinski definition) is 0. The Labute approximate surface area is 167 Å². The van der Waals surface area contributed by atoms with Gasteiger partial charge in [0.2, 0.25) is 0 Å². The average molecular weight is 371 g/mol. The normalized spacial score (nSPS) is 11.4. The fourth-order valence-corrected chi connectivity index (χ4v) is 4.14. The van der Waals surface area contributed by atoms with Crippen molar-refractivity contribution < 1.29 is 0 Å². The summed E-state index contributed by atoms with van der Waals surface area (Å²) in [4.78, 5) is 0. The highest BCUT2D eigenvalue weighted by atomic mass is 15.1. The summed E-state index contributed by atoms with van der Waals surface area (Å²) in [6.07, 6.45) is 2.20. The van der Waals surface area contributed by atoms with E-state index in [1.54, 1.807) is 0 Å². The molecule has 29 heavy (non-hydrogen) atoms. The molecule has 0 saturated heterocycles. The van der Waals surface area contributed by atoms with Crippen molar-refractivity contribution in [3.05, 3.63) is 103 Å². The highest BCUT2D eigenvalue weighted by molar-refractivity contribution is 6.12. The van der Waals surface area contributed by atoms with Crippen LogP contribution >= 0.6 is 0 Å². The van der Waals surface area contributed by atoms with E-state index in [1.807, 2.05) is 36.4 Å². The van der Waals surface area contributed by atoms with Crippen LogP contribution in [0.4, 0.5) is 0 Å². The van der Waals surface area contributed by atoms with Gasteiger partial charge in [-0.25, -0.2) is 0 Å². The predicted molar refractivity (Wildman–Crippen MR) is 119 cm³/mol. The Morgan fingerprint density at radius 1 is 0.517 bits per heavy atom. The van der Waals surface area contributed by atoms with Gasteiger partial charge >= 0.3 is 0 Å². The third-order valence-electron chi connectivity index (χ3n) is 5.50. The van der Waals surface area contributed by atoms with Gasteiger partial charge in [-0.3, -0.25) is 0 Å². The molecule has 0 spiro atoms. The third-order valence-corrected chi connectivity index (χ3v) is 5.50. The Balaban J connectivity index is 1.80. The maximum Gasteiger partial charge on any atom is 0.103 e. The highest BCUT2D eigenvalue weighted by Crippen LogP contribution is 2.37. The molecule has 6 rings (SSSR count). The van der Waals surface area contributed by atoms with Crippen LogP contribution in [0.1, 0.15) is 0 Å². The van der Waals surface area contributed by atoms with Crippen LogP contribution in [0.15, 0.2) is 103 Å². The molecule has 0 atom stereocenters. The van der Waals surface area contributed by atoms with Crippen LogP contribution in [0, 0.1) is 0 Å². The number of para-hydroxylation sites is 1. The quantitative estimate of drug-likeness (QED) is 0.354. The van der Waals surface area contributed by atoms with E-state index in [0.29, 0.717) is 0 Å².